The van der Waals surface area contributed by atoms with Crippen LogP contribution in [-0.4, -0.2) is 14.6 Å². The molecule has 0 amide bonds. The molecule has 2 aromatic rings. The quantitative estimate of drug-likeness (QED) is 0.648. The van der Waals surface area contributed by atoms with Gasteiger partial charge in [0.2, 0.25) is 0 Å². The van der Waals surface area contributed by atoms with Crippen molar-refractivity contribution >= 4 is 5.65 Å². The summed E-state index contributed by atoms with van der Waals surface area (Å²) in [5.41, 5.74) is 2.26. The van der Waals surface area contributed by atoms with Gasteiger partial charge in [-0.2, -0.15) is 10.4 Å². The van der Waals surface area contributed by atoms with Gasteiger partial charge in [0.25, 0.3) is 0 Å². The van der Waals surface area contributed by atoms with Crippen LogP contribution >= 0.6 is 0 Å². The van der Waals surface area contributed by atoms with Gasteiger partial charge in [0.15, 0.2) is 5.65 Å². The fraction of sp³-hybridized carbons (Fsp3) is 0.222. The number of fused-ring (bicyclic) bond motifs is 1. The highest BCUT2D eigenvalue weighted by Crippen LogP contribution is 2.05. The van der Waals surface area contributed by atoms with Crippen molar-refractivity contribution in [3.8, 4) is 6.07 Å². The Morgan fingerprint density at radius 3 is 3.15 bits per heavy atom. The fourth-order valence-corrected chi connectivity index (χ4v) is 1.16. The SMILES string of the molecule is CCc1cn2ncc(C#N)cc2n1. The summed E-state index contributed by atoms with van der Waals surface area (Å²) in [7, 11) is 0. The van der Waals surface area contributed by atoms with Crippen LogP contribution in [0.15, 0.2) is 18.5 Å². The Morgan fingerprint density at radius 1 is 1.62 bits per heavy atom. The van der Waals surface area contributed by atoms with Crippen molar-refractivity contribution in [2.24, 2.45) is 0 Å². The second kappa shape index (κ2) is 2.87. The van der Waals surface area contributed by atoms with E-state index in [1.54, 1.807) is 10.6 Å². The van der Waals surface area contributed by atoms with Gasteiger partial charge in [0, 0.05) is 6.07 Å². The molecule has 0 aliphatic rings. The van der Waals surface area contributed by atoms with E-state index in [0.29, 0.717) is 5.56 Å². The first-order valence-electron chi connectivity index (χ1n) is 4.08. The number of nitriles is 1. The van der Waals surface area contributed by atoms with Gasteiger partial charge < -0.3 is 0 Å². The molecule has 0 unspecified atom stereocenters. The van der Waals surface area contributed by atoms with Gasteiger partial charge in [0.05, 0.1) is 23.7 Å². The molecule has 0 aromatic carbocycles. The summed E-state index contributed by atoms with van der Waals surface area (Å²) in [6, 6.07) is 3.76. The van der Waals surface area contributed by atoms with Gasteiger partial charge in [-0.15, -0.1) is 0 Å². The molecule has 0 bridgehead atoms. The Bertz CT molecular complexity index is 478. The van der Waals surface area contributed by atoms with Gasteiger partial charge in [-0.3, -0.25) is 0 Å². The third-order valence-electron chi connectivity index (χ3n) is 1.86. The Kier molecular flexibility index (Phi) is 1.71. The molecular formula is C9H8N4. The van der Waals surface area contributed by atoms with Crippen molar-refractivity contribution in [1.29, 1.82) is 5.26 Å². The molecule has 0 atom stereocenters. The summed E-state index contributed by atoms with van der Waals surface area (Å²) in [5, 5.41) is 12.7. The summed E-state index contributed by atoms with van der Waals surface area (Å²) in [6.45, 7) is 2.03. The largest absolute Gasteiger partial charge is 0.232 e. The monoisotopic (exact) mass is 172 g/mol. The maximum absolute atomic E-state index is 8.63. The summed E-state index contributed by atoms with van der Waals surface area (Å²) >= 11 is 0. The van der Waals surface area contributed by atoms with Crippen LogP contribution in [0.2, 0.25) is 0 Å². The van der Waals surface area contributed by atoms with E-state index in [4.69, 9.17) is 5.26 Å². The van der Waals surface area contributed by atoms with Gasteiger partial charge in [-0.1, -0.05) is 6.92 Å². The van der Waals surface area contributed by atoms with Crippen molar-refractivity contribution in [2.75, 3.05) is 0 Å². The van der Waals surface area contributed by atoms with E-state index >= 15 is 0 Å². The van der Waals surface area contributed by atoms with E-state index in [9.17, 15) is 0 Å². The topological polar surface area (TPSA) is 54.0 Å². The van der Waals surface area contributed by atoms with E-state index in [1.807, 2.05) is 19.2 Å². The van der Waals surface area contributed by atoms with Crippen molar-refractivity contribution in [3.05, 3.63) is 29.7 Å². The van der Waals surface area contributed by atoms with E-state index in [2.05, 4.69) is 10.1 Å². The molecule has 4 heteroatoms. The summed E-state index contributed by atoms with van der Waals surface area (Å²) < 4.78 is 1.68. The van der Waals surface area contributed by atoms with Crippen LogP contribution in [0, 0.1) is 11.3 Å². The van der Waals surface area contributed by atoms with Crippen molar-refractivity contribution in [3.63, 3.8) is 0 Å². The molecule has 4 nitrogen and oxygen atoms in total. The van der Waals surface area contributed by atoms with Gasteiger partial charge in [0.1, 0.15) is 6.07 Å². The van der Waals surface area contributed by atoms with Crippen molar-refractivity contribution in [2.45, 2.75) is 13.3 Å². The lowest BCUT2D eigenvalue weighted by Gasteiger charge is -1.89. The molecule has 2 rings (SSSR count). The van der Waals surface area contributed by atoms with E-state index < -0.39 is 0 Å². The minimum atomic E-state index is 0.542. The molecule has 0 saturated heterocycles. The van der Waals surface area contributed by atoms with Gasteiger partial charge in [-0.05, 0) is 6.42 Å². The second-order valence-electron chi connectivity index (χ2n) is 2.74. The maximum Gasteiger partial charge on any atom is 0.155 e. The van der Waals surface area contributed by atoms with Crippen LogP contribution in [-0.2, 0) is 6.42 Å². The van der Waals surface area contributed by atoms with Gasteiger partial charge >= 0.3 is 0 Å². The zero-order chi connectivity index (χ0) is 9.26. The number of rotatable bonds is 1. The fourth-order valence-electron chi connectivity index (χ4n) is 1.16. The number of hydrogen-bond acceptors (Lipinski definition) is 3. The predicted molar refractivity (Wildman–Crippen MR) is 47.1 cm³/mol. The average Bonchev–Trinajstić information content (AvgIpc) is 2.58. The number of nitrogens with zero attached hydrogens (tertiary/aromatic N) is 4. The molecule has 0 radical (unpaired) electrons. The van der Waals surface area contributed by atoms with E-state index in [0.717, 1.165) is 17.8 Å². The Balaban J connectivity index is 2.65. The van der Waals surface area contributed by atoms with Crippen LogP contribution < -0.4 is 0 Å². The van der Waals surface area contributed by atoms with Crippen LogP contribution in [0.25, 0.3) is 5.65 Å². The second-order valence-corrected chi connectivity index (χ2v) is 2.74. The zero-order valence-corrected chi connectivity index (χ0v) is 7.23. The van der Waals surface area contributed by atoms with Crippen molar-refractivity contribution < 1.29 is 0 Å². The Labute approximate surface area is 75.4 Å². The lowest BCUT2D eigenvalue weighted by molar-refractivity contribution is 0.927. The molecule has 0 aliphatic carbocycles. The molecular weight excluding hydrogens is 164 g/mol. The van der Waals surface area contributed by atoms with Crippen LogP contribution in [0.5, 0.6) is 0 Å². The van der Waals surface area contributed by atoms with Gasteiger partial charge in [-0.25, -0.2) is 9.50 Å². The number of imidazole rings is 1. The summed E-state index contributed by atoms with van der Waals surface area (Å²) in [4.78, 5) is 4.29. The average molecular weight is 172 g/mol. The molecule has 0 spiro atoms. The highest BCUT2D eigenvalue weighted by molar-refractivity contribution is 5.44. The molecule has 0 saturated carbocycles. The van der Waals surface area contributed by atoms with Crippen LogP contribution in [0.4, 0.5) is 0 Å². The first kappa shape index (κ1) is 7.74. The van der Waals surface area contributed by atoms with Crippen molar-refractivity contribution in [1.82, 2.24) is 14.6 Å². The molecule has 13 heavy (non-hydrogen) atoms. The summed E-state index contributed by atoms with van der Waals surface area (Å²) in [5.74, 6) is 0. The first-order chi connectivity index (χ1) is 6.33. The molecule has 2 heterocycles. The van der Waals surface area contributed by atoms with E-state index in [-0.39, 0.29) is 0 Å². The number of aromatic nitrogens is 3. The summed E-state index contributed by atoms with van der Waals surface area (Å²) in [6.07, 6.45) is 4.29. The smallest absolute Gasteiger partial charge is 0.155 e. The molecule has 0 fully saturated rings. The maximum atomic E-state index is 8.63. The minimum absolute atomic E-state index is 0.542. The third kappa shape index (κ3) is 1.25. The minimum Gasteiger partial charge on any atom is -0.232 e. The van der Waals surface area contributed by atoms with Crippen LogP contribution in [0.3, 0.4) is 0 Å². The lowest BCUT2D eigenvalue weighted by Crippen LogP contribution is -1.89. The Morgan fingerprint density at radius 2 is 2.46 bits per heavy atom. The molecule has 64 valence electrons. The zero-order valence-electron chi connectivity index (χ0n) is 7.23. The highest BCUT2D eigenvalue weighted by atomic mass is 15.2. The third-order valence-corrected chi connectivity index (χ3v) is 1.86. The lowest BCUT2D eigenvalue weighted by atomic mass is 10.3. The molecule has 2 aromatic heterocycles. The molecule has 0 aliphatic heterocycles. The predicted octanol–water partition coefficient (Wildman–Crippen LogP) is 1.16. The first-order valence-corrected chi connectivity index (χ1v) is 4.08. The number of hydrogen-bond donors (Lipinski definition) is 0. The standard InChI is InChI=1S/C9H8N4/c1-2-8-6-13-9(12-8)3-7(4-10)5-11-13/h3,5-6H,2H2,1H3. The highest BCUT2D eigenvalue weighted by Gasteiger charge is 2.00. The molecule has 0 N–H and O–H groups in total. The van der Waals surface area contributed by atoms with Crippen LogP contribution in [0.1, 0.15) is 18.2 Å². The number of aryl methyl sites for hydroxylation is 1. The Hall–Kier alpha value is -1.89. The van der Waals surface area contributed by atoms with E-state index in [1.165, 1.54) is 6.20 Å². The normalized spacial score (nSPS) is 10.2.